The first kappa shape index (κ1) is 21.8. The molecule has 3 amide bonds. The lowest BCUT2D eigenvalue weighted by Gasteiger charge is -2.39. The molecule has 2 fully saturated rings. The Balaban J connectivity index is 0.00000261. The molecule has 0 aliphatic carbocycles. The summed E-state index contributed by atoms with van der Waals surface area (Å²) in [7, 11) is 1.85. The number of amides is 3. The van der Waals surface area contributed by atoms with Gasteiger partial charge in [-0.25, -0.2) is 4.79 Å². The van der Waals surface area contributed by atoms with E-state index in [0.29, 0.717) is 13.0 Å². The van der Waals surface area contributed by atoms with E-state index >= 15 is 0 Å². The molecule has 2 heterocycles. The van der Waals surface area contributed by atoms with E-state index in [2.05, 4.69) is 17.0 Å². The molecule has 2 saturated heterocycles. The van der Waals surface area contributed by atoms with E-state index in [0.717, 1.165) is 43.9 Å². The average molecular weight is 415 g/mol. The van der Waals surface area contributed by atoms with Crippen LogP contribution in [0.3, 0.4) is 0 Å². The lowest BCUT2D eigenvalue weighted by atomic mass is 10.0. The third kappa shape index (κ3) is 5.27. The van der Waals surface area contributed by atoms with Crippen LogP contribution in [-0.2, 0) is 11.3 Å². The lowest BCUT2D eigenvalue weighted by molar-refractivity contribution is -0.121. The van der Waals surface area contributed by atoms with Crippen LogP contribution in [0, 0.1) is 0 Å². The highest BCUT2D eigenvalue weighted by Crippen LogP contribution is 2.23. The number of nitrogens with zero attached hydrogens (tertiary/aromatic N) is 3. The highest BCUT2D eigenvalue weighted by atomic mass is 35.5. The Morgan fingerprint density at radius 1 is 1.15 bits per heavy atom. The predicted octanol–water partition coefficient (Wildman–Crippen LogP) is 2.73. The molecule has 27 heavy (non-hydrogen) atoms. The molecular formula is C19H28Cl2N4O2. The molecule has 1 aromatic rings. The number of nitrogens with two attached hydrogens (primary N) is 1. The third-order valence-electron chi connectivity index (χ3n) is 5.55. The van der Waals surface area contributed by atoms with Crippen molar-refractivity contribution in [3.05, 3.63) is 34.9 Å². The monoisotopic (exact) mass is 414 g/mol. The molecule has 6 nitrogen and oxygen atoms in total. The molecular weight excluding hydrogens is 387 g/mol. The molecule has 2 N–H and O–H groups in total. The fourth-order valence-electron chi connectivity index (χ4n) is 3.96. The Morgan fingerprint density at radius 3 is 2.37 bits per heavy atom. The van der Waals surface area contributed by atoms with Crippen molar-refractivity contribution >= 4 is 35.9 Å². The summed E-state index contributed by atoms with van der Waals surface area (Å²) in [6.45, 7) is 3.41. The smallest absolute Gasteiger partial charge is 0.320 e. The normalized spacial score (nSPS) is 21.0. The zero-order chi connectivity index (χ0) is 18.7. The van der Waals surface area contributed by atoms with Gasteiger partial charge >= 0.3 is 6.03 Å². The number of carbonyl (C=O) groups is 2. The van der Waals surface area contributed by atoms with E-state index in [4.69, 9.17) is 17.3 Å². The van der Waals surface area contributed by atoms with Crippen molar-refractivity contribution < 1.29 is 9.59 Å². The van der Waals surface area contributed by atoms with Crippen LogP contribution in [0.4, 0.5) is 4.79 Å². The quantitative estimate of drug-likeness (QED) is 0.822. The van der Waals surface area contributed by atoms with Gasteiger partial charge in [0, 0.05) is 44.3 Å². The number of carbonyl (C=O) groups excluding carboxylic acids is 2. The fraction of sp³-hybridized carbons (Fsp3) is 0.579. The predicted molar refractivity (Wildman–Crippen MR) is 109 cm³/mol. The molecule has 0 radical (unpaired) electrons. The van der Waals surface area contributed by atoms with Crippen molar-refractivity contribution in [2.45, 2.75) is 44.3 Å². The number of halogens is 2. The van der Waals surface area contributed by atoms with Crippen molar-refractivity contribution in [2.24, 2.45) is 5.73 Å². The van der Waals surface area contributed by atoms with E-state index in [1.165, 1.54) is 5.56 Å². The summed E-state index contributed by atoms with van der Waals surface area (Å²) in [5, 5.41) is 0.753. The summed E-state index contributed by atoms with van der Waals surface area (Å²) in [6.07, 6.45) is 3.39. The van der Waals surface area contributed by atoms with Crippen LogP contribution in [0.1, 0.15) is 31.2 Å². The number of primary amides is 1. The second-order valence-corrected chi connectivity index (χ2v) is 7.72. The molecule has 0 aromatic heterocycles. The third-order valence-corrected chi connectivity index (χ3v) is 5.80. The first-order chi connectivity index (χ1) is 12.5. The van der Waals surface area contributed by atoms with Crippen molar-refractivity contribution in [3.8, 4) is 0 Å². The van der Waals surface area contributed by atoms with Crippen LogP contribution < -0.4 is 5.73 Å². The van der Waals surface area contributed by atoms with Crippen LogP contribution in [0.25, 0.3) is 0 Å². The summed E-state index contributed by atoms with van der Waals surface area (Å²) in [5.41, 5.74) is 6.69. The van der Waals surface area contributed by atoms with Crippen molar-refractivity contribution in [1.29, 1.82) is 0 Å². The molecule has 3 rings (SSSR count). The number of likely N-dealkylation sites (tertiary alicyclic amines) is 2. The topological polar surface area (TPSA) is 69.9 Å². The highest BCUT2D eigenvalue weighted by Gasteiger charge is 2.36. The van der Waals surface area contributed by atoms with Gasteiger partial charge in [-0.2, -0.15) is 0 Å². The highest BCUT2D eigenvalue weighted by molar-refractivity contribution is 6.30. The minimum Gasteiger partial charge on any atom is -0.368 e. The van der Waals surface area contributed by atoms with Crippen molar-refractivity contribution in [3.63, 3.8) is 0 Å². The maximum absolute atomic E-state index is 12.8. The minimum atomic E-state index is -0.449. The van der Waals surface area contributed by atoms with E-state index in [-0.39, 0.29) is 24.5 Å². The molecule has 2 aliphatic rings. The minimum absolute atomic E-state index is 0. The Morgan fingerprint density at radius 2 is 1.78 bits per heavy atom. The van der Waals surface area contributed by atoms with Gasteiger partial charge in [0.15, 0.2) is 0 Å². The number of rotatable bonds is 4. The number of hydrogen-bond acceptors (Lipinski definition) is 3. The Labute approximate surface area is 172 Å². The van der Waals surface area contributed by atoms with Gasteiger partial charge in [-0.1, -0.05) is 23.7 Å². The van der Waals surface area contributed by atoms with Gasteiger partial charge in [-0.15, -0.1) is 12.4 Å². The van der Waals surface area contributed by atoms with Gasteiger partial charge in [0.2, 0.25) is 5.91 Å². The number of benzene rings is 1. The number of hydrogen-bond donors (Lipinski definition) is 1. The van der Waals surface area contributed by atoms with Gasteiger partial charge < -0.3 is 15.5 Å². The molecule has 1 aromatic carbocycles. The Bertz CT molecular complexity index is 648. The molecule has 0 spiro atoms. The second kappa shape index (κ2) is 9.62. The molecule has 1 atom stereocenters. The average Bonchev–Trinajstić information content (AvgIpc) is 3.13. The van der Waals surface area contributed by atoms with E-state index < -0.39 is 11.9 Å². The zero-order valence-corrected chi connectivity index (χ0v) is 17.2. The van der Waals surface area contributed by atoms with Gasteiger partial charge in [-0.05, 0) is 43.4 Å². The molecule has 150 valence electrons. The molecule has 0 bridgehead atoms. The Kier molecular flexibility index (Phi) is 7.77. The lowest BCUT2D eigenvalue weighted by Crippen LogP contribution is -2.53. The molecule has 8 heteroatoms. The number of urea groups is 1. The van der Waals surface area contributed by atoms with E-state index in [1.807, 2.05) is 19.2 Å². The summed E-state index contributed by atoms with van der Waals surface area (Å²) < 4.78 is 0. The standard InChI is InChI=1S/C19H27ClN4O2.ClH/c1-22(19(26)24-10-2-3-17(24)18(21)25)16-8-11-23(12-9-16)13-14-4-6-15(20)7-5-14;/h4-7,16-17H,2-3,8-13H2,1H3,(H2,21,25);1H/t17-;/m1./s1. The van der Waals surface area contributed by atoms with Gasteiger partial charge in [0.05, 0.1) is 0 Å². The van der Waals surface area contributed by atoms with Crippen LogP contribution in [0.5, 0.6) is 0 Å². The van der Waals surface area contributed by atoms with E-state index in [9.17, 15) is 9.59 Å². The van der Waals surface area contributed by atoms with Gasteiger partial charge in [0.1, 0.15) is 6.04 Å². The second-order valence-electron chi connectivity index (χ2n) is 7.28. The summed E-state index contributed by atoms with van der Waals surface area (Å²) in [6, 6.07) is 7.64. The summed E-state index contributed by atoms with van der Waals surface area (Å²) in [4.78, 5) is 30.2. The maximum atomic E-state index is 12.8. The SMILES string of the molecule is CN(C(=O)N1CCC[C@@H]1C(N)=O)C1CCN(Cc2ccc(Cl)cc2)CC1.Cl. The Hall–Kier alpha value is -1.50. The molecule has 0 unspecified atom stereocenters. The number of piperidine rings is 1. The largest absolute Gasteiger partial charge is 0.368 e. The fourth-order valence-corrected chi connectivity index (χ4v) is 4.09. The van der Waals surface area contributed by atoms with E-state index in [1.54, 1.807) is 9.80 Å². The van der Waals surface area contributed by atoms with Crippen LogP contribution in [-0.4, -0.2) is 65.4 Å². The summed E-state index contributed by atoms with van der Waals surface area (Å²) >= 11 is 5.94. The first-order valence-corrected chi connectivity index (χ1v) is 9.63. The maximum Gasteiger partial charge on any atom is 0.320 e. The van der Waals surface area contributed by atoms with Crippen LogP contribution >= 0.6 is 24.0 Å². The van der Waals surface area contributed by atoms with Gasteiger partial charge in [0.25, 0.3) is 0 Å². The first-order valence-electron chi connectivity index (χ1n) is 9.25. The molecule has 0 saturated carbocycles. The zero-order valence-electron chi connectivity index (χ0n) is 15.6. The molecule has 2 aliphatic heterocycles. The van der Waals surface area contributed by atoms with Crippen molar-refractivity contribution in [2.75, 3.05) is 26.7 Å². The van der Waals surface area contributed by atoms with Crippen LogP contribution in [0.2, 0.25) is 5.02 Å². The van der Waals surface area contributed by atoms with Crippen LogP contribution in [0.15, 0.2) is 24.3 Å². The van der Waals surface area contributed by atoms with Crippen molar-refractivity contribution in [1.82, 2.24) is 14.7 Å². The van der Waals surface area contributed by atoms with Gasteiger partial charge in [-0.3, -0.25) is 9.69 Å². The summed E-state index contributed by atoms with van der Waals surface area (Å²) in [5.74, 6) is -0.401.